The third-order valence-electron chi connectivity index (χ3n) is 3.61. The zero-order chi connectivity index (χ0) is 18.9. The lowest BCUT2D eigenvalue weighted by molar-refractivity contribution is 0.271. The molecule has 0 atom stereocenters. The van der Waals surface area contributed by atoms with Crippen molar-refractivity contribution < 1.29 is 9.47 Å². The maximum absolute atomic E-state index is 12.1. The third kappa shape index (κ3) is 5.26. The zero-order valence-corrected chi connectivity index (χ0v) is 16.1. The number of aromatic amines is 1. The second-order valence-corrected chi connectivity index (χ2v) is 6.06. The van der Waals surface area contributed by atoms with Crippen LogP contribution in [0.15, 0.2) is 28.1 Å². The summed E-state index contributed by atoms with van der Waals surface area (Å²) in [6, 6.07) is 5.53. The Morgan fingerprint density at radius 1 is 1.27 bits per heavy atom. The van der Waals surface area contributed by atoms with Crippen molar-refractivity contribution in [2.24, 2.45) is 5.10 Å². The van der Waals surface area contributed by atoms with Crippen LogP contribution in [-0.4, -0.2) is 34.3 Å². The molecule has 0 saturated carbocycles. The molecule has 0 aliphatic rings. The number of unbranched alkanes of at least 4 members (excludes halogenated alkanes) is 2. The Balaban J connectivity index is 2.22. The largest absolute Gasteiger partial charge is 0.490 e. The first-order chi connectivity index (χ1) is 12.6. The van der Waals surface area contributed by atoms with E-state index in [-0.39, 0.29) is 10.3 Å². The molecule has 1 heterocycles. The van der Waals surface area contributed by atoms with Gasteiger partial charge in [0, 0.05) is 0 Å². The van der Waals surface area contributed by atoms with Gasteiger partial charge < -0.3 is 9.47 Å². The van der Waals surface area contributed by atoms with E-state index in [9.17, 15) is 4.79 Å². The maximum Gasteiger partial charge on any atom is 0.296 e. The number of hydrogen-bond donors (Lipinski definition) is 1. The number of benzene rings is 1. The molecule has 2 aromatic rings. The molecule has 0 saturated heterocycles. The van der Waals surface area contributed by atoms with E-state index in [0.717, 1.165) is 29.5 Å². The molecular weight excluding hydrogens is 352 g/mol. The molecule has 0 unspecified atom stereocenters. The molecule has 0 aliphatic heterocycles. The van der Waals surface area contributed by atoms with Crippen LogP contribution >= 0.6 is 12.2 Å². The number of rotatable bonds is 9. The Morgan fingerprint density at radius 3 is 2.81 bits per heavy atom. The lowest BCUT2D eigenvalue weighted by Crippen LogP contribution is -2.22. The third-order valence-corrected chi connectivity index (χ3v) is 3.87. The normalized spacial score (nSPS) is 11.0. The molecule has 0 bridgehead atoms. The van der Waals surface area contributed by atoms with Gasteiger partial charge in [0.05, 0.1) is 19.4 Å². The van der Waals surface area contributed by atoms with Gasteiger partial charge in [0.1, 0.15) is 5.69 Å². The van der Waals surface area contributed by atoms with Crippen LogP contribution in [0.2, 0.25) is 0 Å². The van der Waals surface area contributed by atoms with Crippen LogP contribution in [0, 0.1) is 11.7 Å². The first kappa shape index (κ1) is 19.8. The van der Waals surface area contributed by atoms with Gasteiger partial charge in [-0.25, -0.2) is 0 Å². The van der Waals surface area contributed by atoms with E-state index in [4.69, 9.17) is 21.7 Å². The maximum atomic E-state index is 12.1. The van der Waals surface area contributed by atoms with Crippen LogP contribution in [0.4, 0.5) is 0 Å². The number of nitrogens with zero attached hydrogens (tertiary/aromatic N) is 3. The molecule has 7 nitrogen and oxygen atoms in total. The number of aryl methyl sites for hydroxylation is 1. The highest BCUT2D eigenvalue weighted by Crippen LogP contribution is 2.28. The number of nitrogens with one attached hydrogen (secondary N) is 1. The Bertz CT molecular complexity index is 873. The van der Waals surface area contributed by atoms with Crippen molar-refractivity contribution in [2.75, 3.05) is 13.2 Å². The summed E-state index contributed by atoms with van der Waals surface area (Å²) in [7, 11) is 0. The second-order valence-electron chi connectivity index (χ2n) is 5.67. The van der Waals surface area contributed by atoms with Crippen molar-refractivity contribution >= 4 is 18.4 Å². The van der Waals surface area contributed by atoms with E-state index in [1.165, 1.54) is 0 Å². The molecule has 0 amide bonds. The van der Waals surface area contributed by atoms with Crippen LogP contribution < -0.4 is 15.0 Å². The summed E-state index contributed by atoms with van der Waals surface area (Å²) in [5, 5.41) is 10.6. The second kappa shape index (κ2) is 9.86. The number of H-pyrrole nitrogens is 1. The minimum atomic E-state index is -0.356. The Morgan fingerprint density at radius 2 is 2.08 bits per heavy atom. The highest BCUT2D eigenvalue weighted by Gasteiger charge is 2.06. The summed E-state index contributed by atoms with van der Waals surface area (Å²) in [6.07, 6.45) is 4.84. The van der Waals surface area contributed by atoms with Crippen molar-refractivity contribution in [1.29, 1.82) is 0 Å². The molecule has 8 heteroatoms. The number of ether oxygens (including phenoxy) is 2. The fraction of sp³-hybridized carbons (Fsp3) is 0.444. The predicted molar refractivity (Wildman–Crippen MR) is 104 cm³/mol. The zero-order valence-electron chi connectivity index (χ0n) is 15.3. The van der Waals surface area contributed by atoms with Gasteiger partial charge in [-0.3, -0.25) is 9.89 Å². The van der Waals surface area contributed by atoms with E-state index in [2.05, 4.69) is 22.2 Å². The summed E-state index contributed by atoms with van der Waals surface area (Å²) in [5.74, 6) is 1.35. The molecule has 0 radical (unpaired) electrons. The van der Waals surface area contributed by atoms with Gasteiger partial charge in [0.2, 0.25) is 4.77 Å². The quantitative estimate of drug-likeness (QED) is 0.412. The topological polar surface area (TPSA) is 81.5 Å². The first-order valence-corrected chi connectivity index (χ1v) is 9.10. The molecule has 1 aromatic heterocycles. The van der Waals surface area contributed by atoms with Gasteiger partial charge in [0.25, 0.3) is 5.56 Å². The van der Waals surface area contributed by atoms with Crippen molar-refractivity contribution in [3.8, 4) is 11.5 Å². The van der Waals surface area contributed by atoms with Crippen molar-refractivity contribution in [3.05, 3.63) is 44.6 Å². The standard InChI is InChI=1S/C18H24N4O3S/c1-4-6-7-10-25-15-9-8-14(11-16(15)24-5-2)12-19-22-17(23)13(3)20-21-18(22)26/h8-9,11-12H,4-7,10H2,1-3H3,(H,21,26)/b19-12+. The van der Waals surface area contributed by atoms with E-state index >= 15 is 0 Å². The smallest absolute Gasteiger partial charge is 0.296 e. The van der Waals surface area contributed by atoms with Crippen LogP contribution in [0.5, 0.6) is 11.5 Å². The van der Waals surface area contributed by atoms with Crippen molar-refractivity contribution in [2.45, 2.75) is 40.0 Å². The van der Waals surface area contributed by atoms with Gasteiger partial charge in [-0.2, -0.15) is 14.9 Å². The van der Waals surface area contributed by atoms with E-state index in [1.54, 1.807) is 13.1 Å². The van der Waals surface area contributed by atoms with Gasteiger partial charge in [-0.05, 0) is 56.2 Å². The highest BCUT2D eigenvalue weighted by molar-refractivity contribution is 7.71. The van der Waals surface area contributed by atoms with Crippen LogP contribution in [0.3, 0.4) is 0 Å². The van der Waals surface area contributed by atoms with Crippen LogP contribution in [-0.2, 0) is 0 Å². The average molecular weight is 376 g/mol. The highest BCUT2D eigenvalue weighted by atomic mass is 32.1. The Labute approximate surface area is 157 Å². The van der Waals surface area contributed by atoms with Gasteiger partial charge in [0.15, 0.2) is 11.5 Å². The van der Waals surface area contributed by atoms with Crippen LogP contribution in [0.1, 0.15) is 44.4 Å². The molecule has 140 valence electrons. The fourth-order valence-electron chi connectivity index (χ4n) is 2.23. The average Bonchev–Trinajstić information content (AvgIpc) is 2.63. The SMILES string of the molecule is CCCCCOc1ccc(/C=N/n2c(=S)[nH]nc(C)c2=O)cc1OCC. The summed E-state index contributed by atoms with van der Waals surface area (Å²) in [6.45, 7) is 6.85. The lowest BCUT2D eigenvalue weighted by atomic mass is 10.2. The molecule has 2 rings (SSSR count). The summed E-state index contributed by atoms with van der Waals surface area (Å²) in [5.41, 5.74) is 0.706. The molecule has 1 N–H and O–H groups in total. The molecular formula is C18H24N4O3S. The van der Waals surface area contributed by atoms with Crippen LogP contribution in [0.25, 0.3) is 0 Å². The Hall–Kier alpha value is -2.48. The Kier molecular flexibility index (Phi) is 7.53. The van der Waals surface area contributed by atoms with E-state index in [0.29, 0.717) is 30.4 Å². The van der Waals surface area contributed by atoms with Gasteiger partial charge >= 0.3 is 0 Å². The lowest BCUT2D eigenvalue weighted by Gasteiger charge is -2.12. The van der Waals surface area contributed by atoms with Crippen molar-refractivity contribution in [1.82, 2.24) is 14.9 Å². The van der Waals surface area contributed by atoms with Gasteiger partial charge in [-0.1, -0.05) is 19.8 Å². The molecule has 0 spiro atoms. The van der Waals surface area contributed by atoms with E-state index < -0.39 is 0 Å². The number of hydrogen-bond acceptors (Lipinski definition) is 6. The minimum Gasteiger partial charge on any atom is -0.490 e. The first-order valence-electron chi connectivity index (χ1n) is 8.69. The minimum absolute atomic E-state index is 0.137. The molecule has 0 aliphatic carbocycles. The molecule has 26 heavy (non-hydrogen) atoms. The van der Waals surface area contributed by atoms with E-state index in [1.807, 2.05) is 25.1 Å². The molecule has 1 aromatic carbocycles. The van der Waals surface area contributed by atoms with Gasteiger partial charge in [-0.15, -0.1) is 0 Å². The fourth-order valence-corrected chi connectivity index (χ4v) is 2.40. The van der Waals surface area contributed by atoms with Crippen molar-refractivity contribution in [3.63, 3.8) is 0 Å². The molecule has 0 fully saturated rings. The predicted octanol–water partition coefficient (Wildman–Crippen LogP) is 3.46. The summed E-state index contributed by atoms with van der Waals surface area (Å²) in [4.78, 5) is 12.1. The number of aromatic nitrogens is 3. The summed E-state index contributed by atoms with van der Waals surface area (Å²) >= 11 is 5.06. The summed E-state index contributed by atoms with van der Waals surface area (Å²) < 4.78 is 12.7. The monoisotopic (exact) mass is 376 g/mol.